The van der Waals surface area contributed by atoms with Crippen LogP contribution in [-0.4, -0.2) is 33.6 Å². The summed E-state index contributed by atoms with van der Waals surface area (Å²) in [6.45, 7) is 1.97. The van der Waals surface area contributed by atoms with Crippen LogP contribution in [0.2, 0.25) is 0 Å². The van der Waals surface area contributed by atoms with Crippen LogP contribution < -0.4 is 10.9 Å². The third-order valence-corrected chi connectivity index (χ3v) is 5.54. The van der Waals surface area contributed by atoms with E-state index in [1.807, 2.05) is 13.2 Å². The topological polar surface area (TPSA) is 83.7 Å². The van der Waals surface area contributed by atoms with Gasteiger partial charge in [-0.25, -0.2) is 4.79 Å². The molecule has 0 radical (unpaired) electrons. The molecule has 1 saturated carbocycles. The van der Waals surface area contributed by atoms with Gasteiger partial charge in [-0.3, -0.25) is 14.4 Å². The molecule has 0 spiro atoms. The molecule has 1 aliphatic carbocycles. The summed E-state index contributed by atoms with van der Waals surface area (Å²) in [4.78, 5) is 28.0. The molecule has 1 aliphatic heterocycles. The Bertz CT molecular complexity index is 794. The summed E-state index contributed by atoms with van der Waals surface area (Å²) in [5.41, 5.74) is -1.98. The molecule has 9 heteroatoms. The van der Waals surface area contributed by atoms with Crippen LogP contribution in [0.5, 0.6) is 0 Å². The first kappa shape index (κ1) is 17.9. The molecule has 0 bridgehead atoms. The van der Waals surface area contributed by atoms with Crippen LogP contribution in [0.4, 0.5) is 14.6 Å². The minimum atomic E-state index is -4.25. The first-order valence-electron chi connectivity index (χ1n) is 8.01. The van der Waals surface area contributed by atoms with Crippen molar-refractivity contribution in [2.75, 3.05) is 11.6 Å². The van der Waals surface area contributed by atoms with Gasteiger partial charge >= 0.3 is 11.9 Å². The Labute approximate surface area is 147 Å². The lowest BCUT2D eigenvalue weighted by Crippen LogP contribution is -2.40. The molecule has 2 heterocycles. The van der Waals surface area contributed by atoms with Crippen molar-refractivity contribution in [3.05, 3.63) is 27.5 Å². The Hall–Kier alpha value is -1.90. The van der Waals surface area contributed by atoms with Crippen molar-refractivity contribution in [3.8, 4) is 0 Å². The molecule has 6 nitrogen and oxygen atoms in total. The lowest BCUT2D eigenvalue weighted by Gasteiger charge is -2.29. The zero-order valence-corrected chi connectivity index (χ0v) is 14.6. The Morgan fingerprint density at radius 1 is 1.48 bits per heavy atom. The van der Waals surface area contributed by atoms with Crippen LogP contribution in [0.25, 0.3) is 0 Å². The van der Waals surface area contributed by atoms with E-state index in [-0.39, 0.29) is 17.5 Å². The van der Waals surface area contributed by atoms with Crippen LogP contribution in [0.15, 0.2) is 15.9 Å². The highest BCUT2D eigenvalue weighted by Crippen LogP contribution is 2.39. The summed E-state index contributed by atoms with van der Waals surface area (Å²) >= 11 is 1.42. The number of anilines is 1. The zero-order chi connectivity index (χ0) is 18.4. The summed E-state index contributed by atoms with van der Waals surface area (Å²) in [7, 11) is 0. The maximum Gasteiger partial charge on any atom is 0.379 e. The van der Waals surface area contributed by atoms with Gasteiger partial charge < -0.3 is 10.4 Å². The maximum atomic E-state index is 14.1. The van der Waals surface area contributed by atoms with Crippen LogP contribution >= 0.6 is 11.8 Å². The molecular weight excluding hydrogens is 352 g/mol. The summed E-state index contributed by atoms with van der Waals surface area (Å²) < 4.78 is 29.6. The first-order valence-corrected chi connectivity index (χ1v) is 9.30. The van der Waals surface area contributed by atoms with Gasteiger partial charge in [0, 0.05) is 17.8 Å². The van der Waals surface area contributed by atoms with Crippen LogP contribution in [-0.2, 0) is 10.7 Å². The molecule has 1 aromatic rings. The van der Waals surface area contributed by atoms with Crippen molar-refractivity contribution >= 4 is 29.8 Å². The number of fused-ring (bicyclic) bond motifs is 1. The fourth-order valence-corrected chi connectivity index (χ4v) is 3.91. The van der Waals surface area contributed by atoms with Gasteiger partial charge in [-0.15, -0.1) is 11.8 Å². The summed E-state index contributed by atoms with van der Waals surface area (Å²) in [6, 6.07) is 0.696. The summed E-state index contributed by atoms with van der Waals surface area (Å²) in [5, 5.41) is 12.0. The highest BCUT2D eigenvalue weighted by atomic mass is 32.2. The van der Waals surface area contributed by atoms with E-state index in [4.69, 9.17) is 5.11 Å². The Morgan fingerprint density at radius 3 is 2.76 bits per heavy atom. The van der Waals surface area contributed by atoms with Crippen molar-refractivity contribution in [2.45, 2.75) is 43.6 Å². The number of hydrogen-bond donors (Lipinski definition) is 2. The largest absolute Gasteiger partial charge is 0.477 e. The number of halogens is 2. The number of aliphatic carboxylic acids is 1. The van der Waals surface area contributed by atoms with E-state index in [0.717, 1.165) is 18.9 Å². The maximum absolute atomic E-state index is 14.1. The lowest BCUT2D eigenvalue weighted by molar-refractivity contribution is -0.166. The van der Waals surface area contributed by atoms with Gasteiger partial charge in [0.1, 0.15) is 5.82 Å². The smallest absolute Gasteiger partial charge is 0.379 e. The zero-order valence-electron chi connectivity index (χ0n) is 13.8. The molecular formula is C16H19F2N3O3S. The quantitative estimate of drug-likeness (QED) is 0.850. The van der Waals surface area contributed by atoms with Gasteiger partial charge in [-0.1, -0.05) is 13.3 Å². The fourth-order valence-electron chi connectivity index (χ4n) is 3.50. The average molecular weight is 371 g/mol. The van der Waals surface area contributed by atoms with Crippen molar-refractivity contribution in [2.24, 2.45) is 10.9 Å². The number of rotatable bonds is 4. The normalized spacial score (nSPS) is 25.5. The van der Waals surface area contributed by atoms with Gasteiger partial charge in [-0.2, -0.15) is 8.78 Å². The number of aromatic nitrogens is 1. The molecule has 3 rings (SSSR count). The van der Waals surface area contributed by atoms with E-state index >= 15 is 0 Å². The lowest BCUT2D eigenvalue weighted by atomic mass is 10.0. The second-order valence-corrected chi connectivity index (χ2v) is 7.32. The van der Waals surface area contributed by atoms with E-state index in [0.29, 0.717) is 17.8 Å². The number of alkyl halides is 2. The van der Waals surface area contributed by atoms with Crippen molar-refractivity contribution in [1.29, 1.82) is 0 Å². The highest BCUT2D eigenvalue weighted by Gasteiger charge is 2.45. The monoisotopic (exact) mass is 371 g/mol. The van der Waals surface area contributed by atoms with E-state index in [2.05, 4.69) is 10.3 Å². The van der Waals surface area contributed by atoms with Crippen LogP contribution in [0.3, 0.4) is 0 Å². The molecule has 136 valence electrons. The summed E-state index contributed by atoms with van der Waals surface area (Å²) in [5.74, 6) is -6.01. The van der Waals surface area contributed by atoms with E-state index in [1.165, 1.54) is 22.5 Å². The number of carboxylic acids is 1. The molecule has 2 unspecified atom stereocenters. The predicted octanol–water partition coefficient (Wildman–Crippen LogP) is 2.88. The number of carboxylic acid groups (broad SMARTS) is 1. The predicted molar refractivity (Wildman–Crippen MR) is 92.8 cm³/mol. The van der Waals surface area contributed by atoms with E-state index in [9.17, 15) is 18.4 Å². The van der Waals surface area contributed by atoms with E-state index < -0.39 is 23.0 Å². The number of hydrogen-bond acceptors (Lipinski definition) is 5. The number of carbonyl (C=O) groups is 1. The average Bonchev–Trinajstić information content (AvgIpc) is 2.99. The number of aliphatic imine (C=N–C) groups is 1. The van der Waals surface area contributed by atoms with Gasteiger partial charge in [0.25, 0.3) is 5.56 Å². The highest BCUT2D eigenvalue weighted by molar-refractivity contribution is 7.99. The van der Waals surface area contributed by atoms with Crippen molar-refractivity contribution in [1.82, 2.24) is 4.57 Å². The minimum absolute atomic E-state index is 0.142. The minimum Gasteiger partial charge on any atom is -0.477 e. The van der Waals surface area contributed by atoms with Gasteiger partial charge in [0.15, 0.2) is 5.50 Å². The van der Waals surface area contributed by atoms with Crippen LogP contribution in [0, 0.1) is 5.92 Å². The molecule has 0 aromatic carbocycles. The fraction of sp³-hybridized carbons (Fsp3) is 0.562. The van der Waals surface area contributed by atoms with Crippen molar-refractivity contribution in [3.63, 3.8) is 0 Å². The van der Waals surface area contributed by atoms with Crippen LogP contribution in [0.1, 0.15) is 43.4 Å². The third-order valence-electron chi connectivity index (χ3n) is 4.85. The molecule has 25 heavy (non-hydrogen) atoms. The Kier molecular flexibility index (Phi) is 4.61. The van der Waals surface area contributed by atoms with E-state index in [1.54, 1.807) is 0 Å². The molecule has 0 amide bonds. The molecule has 1 fully saturated rings. The third kappa shape index (κ3) is 2.94. The molecule has 3 atom stereocenters. The Balaban J connectivity index is 2.26. The SMILES string of the molecule is CSC1N=Cc2cc(C(F)(F)C(=O)O)c(=O)n([C@@H]3CCCC3C)c2N1. The number of nitrogens with zero attached hydrogens (tertiary/aromatic N) is 2. The number of pyridine rings is 1. The standard InChI is InChI=1S/C16H19F2N3O3S/c1-8-4-3-5-11(8)21-12-9(7-19-15(20-12)25-2)6-10(13(21)22)16(17,18)14(23)24/h6-8,11,15,20H,3-5H2,1-2H3,(H,23,24)/t8?,11-,15?/m1/s1. The van der Waals surface area contributed by atoms with Gasteiger partial charge in [-0.05, 0) is 31.1 Å². The number of thioether (sulfide) groups is 1. The second-order valence-electron chi connectivity index (χ2n) is 6.40. The first-order chi connectivity index (χ1) is 11.8. The molecule has 0 saturated heterocycles. The summed E-state index contributed by atoms with van der Waals surface area (Å²) in [6.07, 6.45) is 5.74. The Morgan fingerprint density at radius 2 is 2.20 bits per heavy atom. The molecule has 1 aromatic heterocycles. The van der Waals surface area contributed by atoms with Gasteiger partial charge in [0.2, 0.25) is 0 Å². The second kappa shape index (κ2) is 6.44. The number of nitrogens with one attached hydrogen (secondary N) is 1. The molecule has 2 aliphatic rings. The molecule has 2 N–H and O–H groups in total. The van der Waals surface area contributed by atoms with Crippen molar-refractivity contribution < 1.29 is 18.7 Å². The van der Waals surface area contributed by atoms with Gasteiger partial charge in [0.05, 0.1) is 5.56 Å².